The van der Waals surface area contributed by atoms with Crippen molar-refractivity contribution in [1.82, 2.24) is 24.3 Å². The summed E-state index contributed by atoms with van der Waals surface area (Å²) in [6.45, 7) is 6.16. The fourth-order valence-corrected chi connectivity index (χ4v) is 5.22. The molecule has 43 heavy (non-hydrogen) atoms. The maximum absolute atomic E-state index is 13.5. The smallest absolute Gasteiger partial charge is 0.306 e. The first kappa shape index (κ1) is 29.7. The SMILES string of the molecule is CC(=O)C(c1cncc(CN2CCCC2)c1)c1cc(C(=O)N=[N+]=Nc2cc(-n3ccnc3)cc(C(F)(F)F)c2)ccc1C. The quantitative estimate of drug-likeness (QED) is 0.176. The highest BCUT2D eigenvalue weighted by molar-refractivity contribution is 5.95. The minimum atomic E-state index is -4.62. The van der Waals surface area contributed by atoms with Gasteiger partial charge in [-0.3, -0.25) is 19.5 Å². The molecule has 0 bridgehead atoms. The molecule has 0 saturated carbocycles. The van der Waals surface area contributed by atoms with Gasteiger partial charge in [0.2, 0.25) is 10.0 Å². The molecule has 0 N–H and O–H groups in total. The van der Waals surface area contributed by atoms with Crippen molar-refractivity contribution in [3.63, 3.8) is 0 Å². The van der Waals surface area contributed by atoms with Gasteiger partial charge in [0.05, 0.1) is 17.8 Å². The van der Waals surface area contributed by atoms with Crippen LogP contribution in [-0.2, 0) is 17.5 Å². The van der Waals surface area contributed by atoms with Gasteiger partial charge in [0.25, 0.3) is 0 Å². The zero-order valence-electron chi connectivity index (χ0n) is 23.6. The summed E-state index contributed by atoms with van der Waals surface area (Å²) < 4.78 is 41.8. The molecule has 1 amide bonds. The van der Waals surface area contributed by atoms with E-state index in [1.807, 2.05) is 13.0 Å². The molecule has 9 nitrogen and oxygen atoms in total. The number of rotatable bonds is 8. The number of alkyl halides is 3. The van der Waals surface area contributed by atoms with Crippen molar-refractivity contribution in [1.29, 1.82) is 0 Å². The number of pyridine rings is 1. The number of likely N-dealkylation sites (tertiary alicyclic amines) is 1. The Bertz CT molecular complexity index is 1700. The highest BCUT2D eigenvalue weighted by atomic mass is 19.4. The molecule has 1 unspecified atom stereocenters. The molecule has 2 aromatic carbocycles. The monoisotopic (exact) mass is 588 g/mol. The van der Waals surface area contributed by atoms with E-state index in [9.17, 15) is 22.8 Å². The Kier molecular flexibility index (Phi) is 8.70. The molecule has 1 atom stereocenters. The van der Waals surface area contributed by atoms with Crippen LogP contribution >= 0.6 is 0 Å². The third-order valence-electron chi connectivity index (χ3n) is 7.33. The fraction of sp³-hybridized carbons (Fsp3) is 0.290. The molecule has 1 aliphatic heterocycles. The number of hydrogen-bond acceptors (Lipinski definition) is 6. The van der Waals surface area contributed by atoms with Gasteiger partial charge in [-0.1, -0.05) is 12.1 Å². The molecule has 0 spiro atoms. The van der Waals surface area contributed by atoms with E-state index in [4.69, 9.17) is 0 Å². The van der Waals surface area contributed by atoms with E-state index < -0.39 is 23.6 Å². The largest absolute Gasteiger partial charge is 0.416 e. The number of carbonyl (C=O) groups excluding carboxylic acids is 2. The summed E-state index contributed by atoms with van der Waals surface area (Å²) in [7, 11) is 0. The lowest BCUT2D eigenvalue weighted by molar-refractivity contribution is -0.137. The number of carbonyl (C=O) groups is 2. The molecule has 3 heterocycles. The molecule has 1 aliphatic rings. The van der Waals surface area contributed by atoms with Gasteiger partial charge < -0.3 is 4.57 Å². The molecule has 5 rings (SSSR count). The minimum Gasteiger partial charge on any atom is -0.306 e. The number of aromatic nitrogens is 3. The van der Waals surface area contributed by atoms with Gasteiger partial charge >= 0.3 is 12.1 Å². The lowest BCUT2D eigenvalue weighted by Gasteiger charge is -2.19. The first-order chi connectivity index (χ1) is 20.6. The molecule has 0 aliphatic carbocycles. The number of imidazole rings is 1. The van der Waals surface area contributed by atoms with Gasteiger partial charge in [0.15, 0.2) is 10.8 Å². The predicted octanol–water partition coefficient (Wildman–Crippen LogP) is 6.35. The van der Waals surface area contributed by atoms with E-state index >= 15 is 0 Å². The highest BCUT2D eigenvalue weighted by Gasteiger charge is 2.32. The lowest BCUT2D eigenvalue weighted by Crippen LogP contribution is -2.19. The average Bonchev–Trinajstić information content (AvgIpc) is 3.69. The van der Waals surface area contributed by atoms with Gasteiger partial charge in [0, 0.05) is 42.6 Å². The number of aryl methyl sites for hydroxylation is 1. The second-order valence-corrected chi connectivity index (χ2v) is 10.5. The predicted molar refractivity (Wildman–Crippen MR) is 152 cm³/mol. The summed E-state index contributed by atoms with van der Waals surface area (Å²) in [6, 6.07) is 10.00. The number of hydrogen-bond donors (Lipinski definition) is 0. The number of benzene rings is 2. The van der Waals surface area contributed by atoms with Crippen molar-refractivity contribution in [3.05, 3.63) is 107 Å². The Balaban J connectivity index is 1.42. The van der Waals surface area contributed by atoms with Crippen molar-refractivity contribution in [2.24, 2.45) is 10.2 Å². The first-order valence-corrected chi connectivity index (χ1v) is 13.7. The van der Waals surface area contributed by atoms with Crippen LogP contribution in [0.25, 0.3) is 5.69 Å². The van der Waals surface area contributed by atoms with E-state index in [-0.39, 0.29) is 22.7 Å². The molecular weight excluding hydrogens is 559 g/mol. The molecule has 12 heteroatoms. The fourth-order valence-electron chi connectivity index (χ4n) is 5.22. The summed E-state index contributed by atoms with van der Waals surface area (Å²) >= 11 is 0. The van der Waals surface area contributed by atoms with Crippen LogP contribution in [0.3, 0.4) is 0 Å². The normalized spacial score (nSPS) is 14.3. The third kappa shape index (κ3) is 7.17. The maximum Gasteiger partial charge on any atom is 0.416 e. The van der Waals surface area contributed by atoms with Crippen molar-refractivity contribution < 1.29 is 22.8 Å². The number of halogens is 3. The summed E-state index contributed by atoms with van der Waals surface area (Å²) in [5.74, 6) is -1.51. The van der Waals surface area contributed by atoms with Gasteiger partial charge in [-0.05, 0) is 92.4 Å². The Labute approximate surface area is 245 Å². The standard InChI is InChI=1S/C31H29F3N7O2/c1-20-5-6-23(12-28(20)29(21(2)42)24-11-22(16-36-17-24)18-40-8-3-4-9-40)30(43)38-39-37-26-13-25(31(32,33)34)14-27(15-26)41-10-7-35-19-41/h5-7,10-17,19,29H,3-4,8-9,18H2,1-2H3/q+1. The van der Waals surface area contributed by atoms with Crippen molar-refractivity contribution in [3.8, 4) is 5.69 Å². The molecule has 1 fully saturated rings. The van der Waals surface area contributed by atoms with Crippen molar-refractivity contribution in [2.75, 3.05) is 13.1 Å². The van der Waals surface area contributed by atoms with Crippen LogP contribution in [0.4, 0.5) is 18.9 Å². The van der Waals surface area contributed by atoms with E-state index in [0.29, 0.717) is 5.56 Å². The molecular formula is C31H29F3N7O2+. The van der Waals surface area contributed by atoms with Crippen LogP contribution < -0.4 is 4.91 Å². The van der Waals surface area contributed by atoms with Crippen molar-refractivity contribution >= 4 is 17.4 Å². The zero-order valence-corrected chi connectivity index (χ0v) is 23.6. The van der Waals surface area contributed by atoms with Crippen LogP contribution in [0.5, 0.6) is 0 Å². The molecule has 4 aromatic rings. The second-order valence-electron chi connectivity index (χ2n) is 10.5. The maximum atomic E-state index is 13.5. The topological polar surface area (TPSA) is 107 Å². The highest BCUT2D eigenvalue weighted by Crippen LogP contribution is 2.34. The van der Waals surface area contributed by atoms with Gasteiger partial charge in [-0.15, -0.1) is 0 Å². The van der Waals surface area contributed by atoms with Gasteiger partial charge in [-0.2, -0.15) is 13.2 Å². The third-order valence-corrected chi connectivity index (χ3v) is 7.33. The Morgan fingerprint density at radius 3 is 2.53 bits per heavy atom. The Hall–Kier alpha value is -4.80. The van der Waals surface area contributed by atoms with Crippen LogP contribution in [0.15, 0.2) is 83.8 Å². The van der Waals surface area contributed by atoms with Crippen molar-refractivity contribution in [2.45, 2.75) is 45.3 Å². The van der Waals surface area contributed by atoms with E-state index in [1.54, 1.807) is 30.6 Å². The number of ketones is 1. The van der Waals surface area contributed by atoms with E-state index in [2.05, 4.69) is 30.0 Å². The summed E-state index contributed by atoms with van der Waals surface area (Å²) in [5.41, 5.74) is 2.44. The zero-order chi connectivity index (χ0) is 30.6. The van der Waals surface area contributed by atoms with Gasteiger partial charge in [-0.25, -0.2) is 4.98 Å². The summed E-state index contributed by atoms with van der Waals surface area (Å²) in [5, 5.41) is 7.37. The van der Waals surface area contributed by atoms with E-state index in [1.165, 1.54) is 49.1 Å². The number of Topliss-reactive ketones (excluding diaryl/α,β-unsaturated/α-hetero) is 1. The summed E-state index contributed by atoms with van der Waals surface area (Å²) in [6.07, 6.45) is 5.46. The van der Waals surface area contributed by atoms with Crippen LogP contribution in [0.1, 0.15) is 63.9 Å². The van der Waals surface area contributed by atoms with E-state index in [0.717, 1.165) is 48.5 Å². The lowest BCUT2D eigenvalue weighted by atomic mass is 9.85. The number of amides is 1. The molecule has 0 radical (unpaired) electrons. The minimum absolute atomic E-state index is 0.109. The first-order valence-electron chi connectivity index (χ1n) is 13.7. The molecule has 220 valence electrons. The summed E-state index contributed by atoms with van der Waals surface area (Å²) in [4.78, 5) is 40.0. The van der Waals surface area contributed by atoms with Gasteiger partial charge in [0.1, 0.15) is 5.78 Å². The van der Waals surface area contributed by atoms with Crippen LogP contribution in [0.2, 0.25) is 0 Å². The Morgan fingerprint density at radius 1 is 1.05 bits per heavy atom. The second kappa shape index (κ2) is 12.6. The molecule has 2 aromatic heterocycles. The average molecular weight is 589 g/mol. The molecule has 1 saturated heterocycles. The number of nitrogens with zero attached hydrogens (tertiary/aromatic N) is 7. The Morgan fingerprint density at radius 2 is 1.84 bits per heavy atom. The van der Waals surface area contributed by atoms with Crippen LogP contribution in [-0.4, -0.2) is 44.2 Å². The van der Waals surface area contributed by atoms with Crippen LogP contribution in [0, 0.1) is 6.92 Å².